The zero-order chi connectivity index (χ0) is 20.7. The third kappa shape index (κ3) is 4.05. The molecule has 3 rings (SSSR count). The molecule has 0 saturated heterocycles. The fraction of sp³-hybridized carbons (Fsp3) is 0.381. The van der Waals surface area contributed by atoms with Gasteiger partial charge in [0.2, 0.25) is 10.0 Å². The summed E-state index contributed by atoms with van der Waals surface area (Å²) in [5, 5.41) is 12.8. The molecule has 6 nitrogen and oxygen atoms in total. The molecule has 0 saturated carbocycles. The molecule has 1 aliphatic rings. The van der Waals surface area contributed by atoms with Crippen LogP contribution in [0, 0.1) is 5.41 Å². The Balaban J connectivity index is 1.94. The smallest absolute Gasteiger partial charge is 0.335 e. The number of fused-ring (bicyclic) bond motifs is 1. The first-order chi connectivity index (χ1) is 13.0. The fourth-order valence-corrected chi connectivity index (χ4v) is 4.55. The van der Waals surface area contributed by atoms with Crippen molar-refractivity contribution in [3.8, 4) is 0 Å². The molecule has 1 aliphatic heterocycles. The third-order valence-corrected chi connectivity index (χ3v) is 7.08. The van der Waals surface area contributed by atoms with E-state index in [2.05, 4.69) is 19.2 Å². The minimum Gasteiger partial charge on any atom is -0.478 e. The molecule has 0 aliphatic carbocycles. The average molecular weight is 403 g/mol. The first kappa shape index (κ1) is 20.4. The van der Waals surface area contributed by atoms with Crippen LogP contribution in [0.25, 0.3) is 0 Å². The molecule has 2 aromatic carbocycles. The second-order valence-electron chi connectivity index (χ2n) is 8.20. The van der Waals surface area contributed by atoms with E-state index in [1.807, 2.05) is 24.3 Å². The van der Waals surface area contributed by atoms with E-state index in [1.165, 1.54) is 18.4 Å². The number of nitrogens with zero attached hydrogens (tertiary/aromatic N) is 1. The summed E-state index contributed by atoms with van der Waals surface area (Å²) in [5.41, 5.74) is 3.77. The molecule has 0 spiro atoms. The highest BCUT2D eigenvalue weighted by molar-refractivity contribution is 7.88. The van der Waals surface area contributed by atoms with E-state index in [0.29, 0.717) is 0 Å². The van der Waals surface area contributed by atoms with Gasteiger partial charge in [-0.15, -0.1) is 0 Å². The highest BCUT2D eigenvalue weighted by atomic mass is 32.2. The molecule has 0 aromatic heterocycles. The number of carbonyl (C=O) groups is 1. The second-order valence-corrected chi connectivity index (χ2v) is 10.4. The van der Waals surface area contributed by atoms with Crippen LogP contribution < -0.4 is 5.32 Å². The first-order valence-corrected chi connectivity index (χ1v) is 10.7. The van der Waals surface area contributed by atoms with Gasteiger partial charge in [0.15, 0.2) is 0 Å². The van der Waals surface area contributed by atoms with Gasteiger partial charge < -0.3 is 10.4 Å². The van der Waals surface area contributed by atoms with Crippen molar-refractivity contribution < 1.29 is 18.3 Å². The number of aromatic carboxylic acids is 1. The quantitative estimate of drug-likeness (QED) is 0.799. The number of sulfonamides is 1. The number of rotatable bonds is 5. The Morgan fingerprint density at radius 1 is 1.21 bits per heavy atom. The lowest BCUT2D eigenvalue weighted by Crippen LogP contribution is -2.35. The highest BCUT2D eigenvalue weighted by Crippen LogP contribution is 2.45. The summed E-state index contributed by atoms with van der Waals surface area (Å²) in [4.78, 5) is 11.3. The van der Waals surface area contributed by atoms with E-state index in [-0.39, 0.29) is 22.8 Å². The molecule has 0 bridgehead atoms. The average Bonchev–Trinajstić information content (AvgIpc) is 2.59. The van der Waals surface area contributed by atoms with Gasteiger partial charge >= 0.3 is 5.97 Å². The summed E-state index contributed by atoms with van der Waals surface area (Å²) < 4.78 is 25.7. The maximum atomic E-state index is 12.2. The molecule has 1 heterocycles. The molecule has 150 valence electrons. The Labute approximate surface area is 166 Å². The molecule has 0 radical (unpaired) electrons. The summed E-state index contributed by atoms with van der Waals surface area (Å²) in [7, 11) is -0.262. The normalized spacial score (nSPS) is 18.4. The van der Waals surface area contributed by atoms with E-state index in [4.69, 9.17) is 0 Å². The molecule has 1 atom stereocenters. The Kier molecular flexibility index (Phi) is 5.25. The zero-order valence-corrected chi connectivity index (χ0v) is 17.4. The Hall–Kier alpha value is -2.38. The van der Waals surface area contributed by atoms with Crippen LogP contribution in [-0.4, -0.2) is 37.9 Å². The van der Waals surface area contributed by atoms with Crippen molar-refractivity contribution in [3.63, 3.8) is 0 Å². The molecule has 2 aromatic rings. The molecular weight excluding hydrogens is 376 g/mol. The van der Waals surface area contributed by atoms with E-state index < -0.39 is 16.0 Å². The number of benzene rings is 2. The Bertz CT molecular complexity index is 1010. The largest absolute Gasteiger partial charge is 0.478 e. The maximum Gasteiger partial charge on any atom is 0.335 e. The lowest BCUT2D eigenvalue weighted by atomic mass is 9.72. The van der Waals surface area contributed by atoms with Crippen molar-refractivity contribution in [2.45, 2.75) is 32.1 Å². The van der Waals surface area contributed by atoms with Gasteiger partial charge in [0, 0.05) is 19.8 Å². The maximum absolute atomic E-state index is 12.2. The lowest BCUT2D eigenvalue weighted by Gasteiger charge is -2.41. The van der Waals surface area contributed by atoms with Crippen LogP contribution in [0.2, 0.25) is 0 Å². The van der Waals surface area contributed by atoms with Gasteiger partial charge in [-0.1, -0.05) is 38.1 Å². The van der Waals surface area contributed by atoms with Crippen molar-refractivity contribution in [3.05, 3.63) is 64.7 Å². The van der Waals surface area contributed by atoms with Crippen molar-refractivity contribution in [1.82, 2.24) is 4.31 Å². The summed E-state index contributed by atoms with van der Waals surface area (Å²) in [5.74, 6) is -0.975. The number of hydrogen-bond acceptors (Lipinski definition) is 4. The topological polar surface area (TPSA) is 86.7 Å². The Morgan fingerprint density at radius 2 is 1.93 bits per heavy atom. The van der Waals surface area contributed by atoms with Gasteiger partial charge in [-0.25, -0.2) is 17.5 Å². The third-order valence-electron chi connectivity index (χ3n) is 5.27. The van der Waals surface area contributed by atoms with Crippen LogP contribution in [0.15, 0.2) is 42.5 Å². The van der Waals surface area contributed by atoms with Crippen LogP contribution in [0.5, 0.6) is 0 Å². The SMILES string of the molecule is CN(C)S(=O)(=O)Cc1cccc(C2Nc3ccc(C(=O)O)cc3CC2(C)C)c1. The van der Waals surface area contributed by atoms with Crippen LogP contribution in [-0.2, 0) is 22.2 Å². The van der Waals surface area contributed by atoms with Crippen LogP contribution in [0.4, 0.5) is 5.69 Å². The monoisotopic (exact) mass is 402 g/mol. The summed E-state index contributed by atoms with van der Waals surface area (Å²) >= 11 is 0. The molecule has 0 fully saturated rings. The summed E-state index contributed by atoms with van der Waals surface area (Å²) in [6.45, 7) is 4.26. The number of hydrogen-bond donors (Lipinski definition) is 2. The summed E-state index contributed by atoms with van der Waals surface area (Å²) in [6.07, 6.45) is 0.724. The number of carboxylic acids is 1. The van der Waals surface area contributed by atoms with Gasteiger partial charge in [0.05, 0.1) is 17.4 Å². The van der Waals surface area contributed by atoms with Gasteiger partial charge in [-0.2, -0.15) is 0 Å². The predicted molar refractivity (Wildman–Crippen MR) is 110 cm³/mol. The molecule has 7 heteroatoms. The standard InChI is InChI=1S/C21H26N2O4S/c1-21(2)12-17-11-16(20(24)25)8-9-18(17)22-19(21)15-7-5-6-14(10-15)13-28(26,27)23(3)4/h5-11,19,22H,12-13H2,1-4H3,(H,24,25). The van der Waals surface area contributed by atoms with Gasteiger partial charge in [0.1, 0.15) is 0 Å². The molecule has 0 amide bonds. The van der Waals surface area contributed by atoms with E-state index in [0.717, 1.165) is 28.8 Å². The van der Waals surface area contributed by atoms with Gasteiger partial charge in [-0.3, -0.25) is 0 Å². The van der Waals surface area contributed by atoms with Crippen molar-refractivity contribution in [2.75, 3.05) is 19.4 Å². The molecule has 1 unspecified atom stereocenters. The minimum atomic E-state index is -3.33. The van der Waals surface area contributed by atoms with Crippen molar-refractivity contribution >= 4 is 21.7 Å². The van der Waals surface area contributed by atoms with Crippen LogP contribution in [0.3, 0.4) is 0 Å². The number of anilines is 1. The zero-order valence-electron chi connectivity index (χ0n) is 16.6. The lowest BCUT2D eigenvalue weighted by molar-refractivity contribution is 0.0696. The van der Waals surface area contributed by atoms with E-state index in [1.54, 1.807) is 18.2 Å². The second kappa shape index (κ2) is 7.22. The Morgan fingerprint density at radius 3 is 2.57 bits per heavy atom. The van der Waals surface area contributed by atoms with E-state index >= 15 is 0 Å². The number of carboxylic acid groups (broad SMARTS) is 1. The predicted octanol–water partition coefficient (Wildman–Crippen LogP) is 3.51. The minimum absolute atomic E-state index is 0.0160. The van der Waals surface area contributed by atoms with Gasteiger partial charge in [0.25, 0.3) is 0 Å². The van der Waals surface area contributed by atoms with E-state index in [9.17, 15) is 18.3 Å². The van der Waals surface area contributed by atoms with Crippen LogP contribution >= 0.6 is 0 Å². The molecular formula is C21H26N2O4S. The summed E-state index contributed by atoms with van der Waals surface area (Å²) in [6, 6.07) is 12.8. The fourth-order valence-electron chi connectivity index (χ4n) is 3.69. The number of nitrogens with one attached hydrogen (secondary N) is 1. The van der Waals surface area contributed by atoms with Crippen LogP contribution in [0.1, 0.15) is 46.9 Å². The highest BCUT2D eigenvalue weighted by Gasteiger charge is 2.36. The van der Waals surface area contributed by atoms with Gasteiger partial charge in [-0.05, 0) is 46.7 Å². The van der Waals surface area contributed by atoms with Crippen molar-refractivity contribution in [2.24, 2.45) is 5.41 Å². The molecule has 28 heavy (non-hydrogen) atoms. The first-order valence-electron chi connectivity index (χ1n) is 9.11. The van der Waals surface area contributed by atoms with Crippen molar-refractivity contribution in [1.29, 1.82) is 0 Å². The molecule has 2 N–H and O–H groups in total.